The van der Waals surface area contributed by atoms with Gasteiger partial charge in [-0.2, -0.15) is 0 Å². The monoisotopic (exact) mass is 495 g/mol. The lowest BCUT2D eigenvalue weighted by Crippen LogP contribution is -2.57. The Kier molecular flexibility index (Phi) is 6.31. The lowest BCUT2D eigenvalue weighted by atomic mass is 9.87. The first-order chi connectivity index (χ1) is 16.8. The number of piperidine rings is 1. The second kappa shape index (κ2) is 9.41. The SMILES string of the molecule is NC(=O)[C@H](C[C@@H]1CCNC1=O)NC(=O)[C@@H]1CC2(CCN1C(=O)c1ncc(-c3ccccc3)s1)CC2. The minimum atomic E-state index is -0.963. The van der Waals surface area contributed by atoms with Crippen molar-refractivity contribution < 1.29 is 19.2 Å². The summed E-state index contributed by atoms with van der Waals surface area (Å²) in [6, 6.07) is 8.05. The van der Waals surface area contributed by atoms with Crippen molar-refractivity contribution in [2.75, 3.05) is 13.1 Å². The minimum Gasteiger partial charge on any atom is -0.368 e. The number of rotatable bonds is 7. The van der Waals surface area contributed by atoms with Gasteiger partial charge in [-0.05, 0) is 49.5 Å². The van der Waals surface area contributed by atoms with Crippen LogP contribution < -0.4 is 16.4 Å². The van der Waals surface area contributed by atoms with Crippen molar-refractivity contribution in [3.05, 3.63) is 41.5 Å². The molecule has 4 N–H and O–H groups in total. The highest BCUT2D eigenvalue weighted by Crippen LogP contribution is 2.55. The van der Waals surface area contributed by atoms with Crippen molar-refractivity contribution in [2.24, 2.45) is 17.1 Å². The molecule has 1 aromatic carbocycles. The summed E-state index contributed by atoms with van der Waals surface area (Å²) in [7, 11) is 0. The Labute approximate surface area is 207 Å². The predicted molar refractivity (Wildman–Crippen MR) is 130 cm³/mol. The number of aromatic nitrogens is 1. The van der Waals surface area contributed by atoms with Crippen molar-refractivity contribution in [1.29, 1.82) is 0 Å². The summed E-state index contributed by atoms with van der Waals surface area (Å²) in [6.45, 7) is 1.01. The fourth-order valence-electron chi connectivity index (χ4n) is 5.14. The fourth-order valence-corrected chi connectivity index (χ4v) is 6.02. The summed E-state index contributed by atoms with van der Waals surface area (Å²) in [5.74, 6) is -1.85. The Balaban J connectivity index is 1.33. The van der Waals surface area contributed by atoms with Crippen molar-refractivity contribution >= 4 is 35.0 Å². The van der Waals surface area contributed by atoms with Gasteiger partial charge in [0.25, 0.3) is 5.91 Å². The van der Waals surface area contributed by atoms with E-state index in [1.165, 1.54) is 11.3 Å². The molecule has 184 valence electrons. The van der Waals surface area contributed by atoms with E-state index in [1.807, 2.05) is 30.3 Å². The van der Waals surface area contributed by atoms with Gasteiger partial charge in [0.15, 0.2) is 5.01 Å². The van der Waals surface area contributed by atoms with Crippen LogP contribution in [0.5, 0.6) is 0 Å². The van der Waals surface area contributed by atoms with Crippen LogP contribution >= 0.6 is 11.3 Å². The number of nitrogens with two attached hydrogens (primary N) is 1. The van der Waals surface area contributed by atoms with Crippen LogP contribution in [0.4, 0.5) is 0 Å². The van der Waals surface area contributed by atoms with E-state index in [2.05, 4.69) is 15.6 Å². The van der Waals surface area contributed by atoms with Gasteiger partial charge in [0.1, 0.15) is 12.1 Å². The zero-order chi connectivity index (χ0) is 24.6. The number of carbonyl (C=O) groups excluding carboxylic acids is 4. The van der Waals surface area contributed by atoms with Crippen molar-refractivity contribution in [1.82, 2.24) is 20.5 Å². The second-order valence-corrected chi connectivity index (χ2v) is 10.9. The molecule has 1 aliphatic carbocycles. The standard InChI is InChI=1S/C25H29N5O4S/c26-20(31)17(12-16-6-10-27-21(16)32)29-22(33)18-13-25(7-8-25)9-11-30(18)24(34)23-28-14-19(35-23)15-4-2-1-3-5-15/h1-5,14,16-18H,6-13H2,(H2,26,31)(H,27,32)(H,29,33)/t16-,17-,18-/m0/s1. The average molecular weight is 496 g/mol. The Morgan fingerprint density at radius 2 is 2.00 bits per heavy atom. The van der Waals surface area contributed by atoms with E-state index in [0.717, 1.165) is 29.7 Å². The summed E-state index contributed by atoms with van der Waals surface area (Å²) in [5, 5.41) is 5.84. The topological polar surface area (TPSA) is 134 Å². The van der Waals surface area contributed by atoms with E-state index in [1.54, 1.807) is 11.1 Å². The number of nitrogens with zero attached hydrogens (tertiary/aromatic N) is 2. The van der Waals surface area contributed by atoms with Crippen LogP contribution in [0.2, 0.25) is 0 Å². The molecule has 5 rings (SSSR count). The number of carbonyl (C=O) groups is 4. The molecule has 3 atom stereocenters. The molecule has 1 spiro atoms. The van der Waals surface area contributed by atoms with Gasteiger partial charge in [-0.15, -0.1) is 11.3 Å². The third kappa shape index (κ3) is 4.93. The van der Waals surface area contributed by atoms with E-state index in [4.69, 9.17) is 5.73 Å². The number of benzene rings is 1. The summed E-state index contributed by atoms with van der Waals surface area (Å²) in [6.07, 6.45) is 5.92. The van der Waals surface area contributed by atoms with Crippen LogP contribution in [0.3, 0.4) is 0 Å². The number of amides is 4. The molecule has 4 amide bonds. The molecule has 0 unspecified atom stereocenters. The van der Waals surface area contributed by atoms with Gasteiger partial charge in [0.2, 0.25) is 17.7 Å². The lowest BCUT2D eigenvalue weighted by Gasteiger charge is -2.39. The van der Waals surface area contributed by atoms with Crippen molar-refractivity contribution in [3.8, 4) is 10.4 Å². The minimum absolute atomic E-state index is 0.0877. The maximum absolute atomic E-state index is 13.5. The average Bonchev–Trinajstić information content (AvgIpc) is 3.23. The number of primary amides is 1. The van der Waals surface area contributed by atoms with Gasteiger partial charge < -0.3 is 21.3 Å². The van der Waals surface area contributed by atoms with Crippen LogP contribution in [0, 0.1) is 11.3 Å². The molecule has 2 aromatic rings. The van der Waals surface area contributed by atoms with Gasteiger partial charge in [0.05, 0.1) is 4.88 Å². The van der Waals surface area contributed by atoms with Gasteiger partial charge in [-0.3, -0.25) is 19.2 Å². The summed E-state index contributed by atoms with van der Waals surface area (Å²) >= 11 is 1.30. The molecule has 10 heteroatoms. The van der Waals surface area contributed by atoms with Crippen LogP contribution in [0.1, 0.15) is 48.3 Å². The molecule has 9 nitrogen and oxygen atoms in total. The summed E-state index contributed by atoms with van der Waals surface area (Å²) in [5.41, 5.74) is 6.64. The largest absolute Gasteiger partial charge is 0.368 e. The second-order valence-electron chi connectivity index (χ2n) is 9.84. The molecule has 2 aliphatic heterocycles. The number of hydrogen-bond donors (Lipinski definition) is 3. The Bertz CT molecular complexity index is 1150. The highest BCUT2D eigenvalue weighted by atomic mass is 32.1. The smallest absolute Gasteiger partial charge is 0.283 e. The van der Waals surface area contributed by atoms with Crippen LogP contribution in [-0.4, -0.2) is 58.7 Å². The van der Waals surface area contributed by atoms with Crippen LogP contribution in [-0.2, 0) is 14.4 Å². The summed E-state index contributed by atoms with van der Waals surface area (Å²) < 4.78 is 0. The zero-order valence-electron chi connectivity index (χ0n) is 19.4. The number of likely N-dealkylation sites (tertiary alicyclic amines) is 1. The van der Waals surface area contributed by atoms with Gasteiger partial charge >= 0.3 is 0 Å². The Morgan fingerprint density at radius 3 is 2.66 bits per heavy atom. The maximum Gasteiger partial charge on any atom is 0.283 e. The molecule has 3 fully saturated rings. The molecule has 0 bridgehead atoms. The van der Waals surface area contributed by atoms with Crippen molar-refractivity contribution in [3.63, 3.8) is 0 Å². The van der Waals surface area contributed by atoms with Gasteiger partial charge in [0, 0.05) is 25.2 Å². The van der Waals surface area contributed by atoms with Crippen LogP contribution in [0.15, 0.2) is 36.5 Å². The van der Waals surface area contributed by atoms with E-state index in [9.17, 15) is 19.2 Å². The Morgan fingerprint density at radius 1 is 1.23 bits per heavy atom. The van der Waals surface area contributed by atoms with E-state index >= 15 is 0 Å². The third-order valence-electron chi connectivity index (χ3n) is 7.50. The van der Waals surface area contributed by atoms with Crippen LogP contribution in [0.25, 0.3) is 10.4 Å². The molecule has 1 aromatic heterocycles. The number of nitrogens with one attached hydrogen (secondary N) is 2. The normalized spacial score (nSPS) is 23.5. The third-order valence-corrected chi connectivity index (χ3v) is 8.53. The molecule has 2 saturated heterocycles. The molecule has 35 heavy (non-hydrogen) atoms. The zero-order valence-corrected chi connectivity index (χ0v) is 20.2. The fraction of sp³-hybridized carbons (Fsp3) is 0.480. The van der Waals surface area contributed by atoms with Crippen molar-refractivity contribution in [2.45, 2.75) is 50.6 Å². The highest BCUT2D eigenvalue weighted by Gasteiger charge is 2.51. The number of thiazole rings is 1. The predicted octanol–water partition coefficient (Wildman–Crippen LogP) is 1.69. The Hall–Kier alpha value is -3.27. The lowest BCUT2D eigenvalue weighted by molar-refractivity contribution is -0.132. The summed E-state index contributed by atoms with van der Waals surface area (Å²) in [4.78, 5) is 57.8. The molecule has 0 radical (unpaired) electrons. The van der Waals surface area contributed by atoms with E-state index in [0.29, 0.717) is 30.9 Å². The van der Waals surface area contributed by atoms with E-state index < -0.39 is 23.9 Å². The first-order valence-corrected chi connectivity index (χ1v) is 12.9. The van der Waals surface area contributed by atoms with Gasteiger partial charge in [-0.1, -0.05) is 30.3 Å². The molecule has 1 saturated carbocycles. The highest BCUT2D eigenvalue weighted by molar-refractivity contribution is 7.16. The molecule has 3 heterocycles. The first-order valence-electron chi connectivity index (χ1n) is 12.0. The molecule has 3 aliphatic rings. The number of hydrogen-bond acceptors (Lipinski definition) is 6. The van der Waals surface area contributed by atoms with E-state index in [-0.39, 0.29) is 29.6 Å². The first kappa shape index (κ1) is 23.5. The molecular formula is C25H29N5O4S. The quantitative estimate of drug-likeness (QED) is 0.537. The molecular weight excluding hydrogens is 466 g/mol. The van der Waals surface area contributed by atoms with Gasteiger partial charge in [-0.25, -0.2) is 4.98 Å². The maximum atomic E-state index is 13.5.